The predicted molar refractivity (Wildman–Crippen MR) is 116 cm³/mol. The zero-order chi connectivity index (χ0) is 22.4. The molecule has 1 heterocycles. The van der Waals surface area contributed by atoms with Crippen LogP contribution in [0.4, 0.5) is 10.5 Å². The molecule has 0 aromatic heterocycles. The highest BCUT2D eigenvalue weighted by atomic mass is 79.9. The summed E-state index contributed by atoms with van der Waals surface area (Å²) in [4.78, 5) is 47.2. The highest BCUT2D eigenvalue weighted by Crippen LogP contribution is 2.37. The smallest absolute Gasteiger partial charge is 0.328 e. The fourth-order valence-electron chi connectivity index (χ4n) is 2.70. The van der Waals surface area contributed by atoms with E-state index >= 15 is 0 Å². The van der Waals surface area contributed by atoms with Gasteiger partial charge in [-0.15, -0.1) is 0 Å². The van der Waals surface area contributed by atoms with Crippen LogP contribution in [0.2, 0.25) is 0 Å². The number of urea groups is 1. The van der Waals surface area contributed by atoms with Gasteiger partial charge in [-0.3, -0.25) is 25.0 Å². The minimum Gasteiger partial charge on any atom is -0.490 e. The van der Waals surface area contributed by atoms with Crippen molar-refractivity contribution in [3.63, 3.8) is 0 Å². The van der Waals surface area contributed by atoms with Gasteiger partial charge in [0.2, 0.25) is 0 Å². The van der Waals surface area contributed by atoms with Crippen LogP contribution in [0.25, 0.3) is 6.08 Å². The first-order valence-electron chi connectivity index (χ1n) is 9.19. The summed E-state index contributed by atoms with van der Waals surface area (Å²) in [5.74, 6) is -1.36. The third kappa shape index (κ3) is 5.70. The maximum atomic E-state index is 12.2. The van der Waals surface area contributed by atoms with E-state index in [9.17, 15) is 19.2 Å². The monoisotopic (exact) mass is 487 g/mol. The van der Waals surface area contributed by atoms with Crippen molar-refractivity contribution in [1.29, 1.82) is 0 Å². The Bertz CT molecular complexity index is 1050. The number of ether oxygens (including phenoxy) is 2. The van der Waals surface area contributed by atoms with Gasteiger partial charge in [-0.2, -0.15) is 0 Å². The Labute approximate surface area is 185 Å². The summed E-state index contributed by atoms with van der Waals surface area (Å²) < 4.78 is 11.7. The van der Waals surface area contributed by atoms with Crippen LogP contribution in [0, 0.1) is 0 Å². The van der Waals surface area contributed by atoms with Crippen molar-refractivity contribution in [2.75, 3.05) is 18.5 Å². The maximum Gasteiger partial charge on any atom is 0.328 e. The van der Waals surface area contributed by atoms with Gasteiger partial charge in [-0.05, 0) is 58.8 Å². The average Bonchev–Trinajstić information content (AvgIpc) is 2.71. The first-order chi connectivity index (χ1) is 14.9. The first kappa shape index (κ1) is 22.0. The number of carbonyl (C=O) groups excluding carboxylic acids is 4. The largest absolute Gasteiger partial charge is 0.490 e. The number of rotatable bonds is 7. The highest BCUT2D eigenvalue weighted by molar-refractivity contribution is 9.10. The second kappa shape index (κ2) is 9.90. The van der Waals surface area contributed by atoms with Crippen molar-refractivity contribution in [1.82, 2.24) is 10.6 Å². The molecule has 0 spiro atoms. The van der Waals surface area contributed by atoms with Crippen LogP contribution >= 0.6 is 15.9 Å². The van der Waals surface area contributed by atoms with E-state index in [1.54, 1.807) is 43.3 Å². The van der Waals surface area contributed by atoms with E-state index in [0.717, 1.165) is 0 Å². The molecule has 0 saturated carbocycles. The van der Waals surface area contributed by atoms with Crippen molar-refractivity contribution in [2.24, 2.45) is 0 Å². The summed E-state index contributed by atoms with van der Waals surface area (Å²) in [7, 11) is 0. The third-order valence-electron chi connectivity index (χ3n) is 3.99. The van der Waals surface area contributed by atoms with Crippen LogP contribution in [0.15, 0.2) is 52.5 Å². The van der Waals surface area contributed by atoms with Gasteiger partial charge in [0.1, 0.15) is 5.57 Å². The second-order valence-electron chi connectivity index (χ2n) is 6.26. The number of hydrogen-bond acceptors (Lipinski definition) is 6. The number of amides is 5. The molecule has 1 saturated heterocycles. The molecule has 160 valence electrons. The number of barbiturate groups is 1. The summed E-state index contributed by atoms with van der Waals surface area (Å²) >= 11 is 3.37. The van der Waals surface area contributed by atoms with Crippen LogP contribution in [-0.2, 0) is 14.4 Å². The number of carbonyl (C=O) groups is 4. The summed E-state index contributed by atoms with van der Waals surface area (Å²) in [6.07, 6.45) is 1.32. The molecule has 2 aromatic rings. The molecule has 1 fully saturated rings. The van der Waals surface area contributed by atoms with E-state index < -0.39 is 17.8 Å². The molecule has 0 atom stereocenters. The lowest BCUT2D eigenvalue weighted by atomic mass is 10.1. The standard InChI is InChI=1S/C21H18BrN3O6/c1-2-30-16-10-12(8-14-19(27)24-21(29)25-20(14)28)9-15(22)18(16)31-11-17(26)23-13-6-4-3-5-7-13/h3-10H,2,11H2,1H3,(H,23,26)(H2,24,25,27,28,29). The van der Waals surface area contributed by atoms with Crippen molar-refractivity contribution in [2.45, 2.75) is 6.92 Å². The molecule has 9 nitrogen and oxygen atoms in total. The van der Waals surface area contributed by atoms with Crippen LogP contribution in [0.1, 0.15) is 12.5 Å². The van der Waals surface area contributed by atoms with E-state index in [0.29, 0.717) is 33.8 Å². The number of benzene rings is 2. The topological polar surface area (TPSA) is 123 Å². The van der Waals surface area contributed by atoms with Gasteiger partial charge in [0, 0.05) is 5.69 Å². The molecule has 5 amide bonds. The van der Waals surface area contributed by atoms with Crippen LogP contribution in [0.5, 0.6) is 11.5 Å². The zero-order valence-electron chi connectivity index (χ0n) is 16.4. The molecule has 0 aliphatic carbocycles. The van der Waals surface area contributed by atoms with Crippen molar-refractivity contribution in [3.8, 4) is 11.5 Å². The molecule has 10 heteroatoms. The molecular weight excluding hydrogens is 470 g/mol. The van der Waals surface area contributed by atoms with Crippen molar-refractivity contribution >= 4 is 51.4 Å². The summed E-state index contributed by atoms with van der Waals surface area (Å²) in [6, 6.07) is 11.2. The number of imide groups is 2. The van der Waals surface area contributed by atoms with Crippen LogP contribution in [0.3, 0.4) is 0 Å². The summed E-state index contributed by atoms with van der Waals surface area (Å²) in [6.45, 7) is 1.83. The predicted octanol–water partition coefficient (Wildman–Crippen LogP) is 2.61. The Hall–Kier alpha value is -3.66. The Morgan fingerprint density at radius 3 is 2.39 bits per heavy atom. The van der Waals surface area contributed by atoms with Gasteiger partial charge in [0.25, 0.3) is 17.7 Å². The molecular formula is C21H18BrN3O6. The van der Waals surface area contributed by atoms with Crippen molar-refractivity contribution in [3.05, 3.63) is 58.1 Å². The molecule has 3 N–H and O–H groups in total. The zero-order valence-corrected chi connectivity index (χ0v) is 17.9. The van der Waals surface area contributed by atoms with E-state index in [2.05, 4.69) is 21.2 Å². The lowest BCUT2D eigenvalue weighted by Gasteiger charge is -2.16. The maximum absolute atomic E-state index is 12.2. The fraction of sp³-hybridized carbons (Fsp3) is 0.143. The number of halogens is 1. The Balaban J connectivity index is 1.79. The van der Waals surface area contributed by atoms with Crippen LogP contribution < -0.4 is 25.4 Å². The van der Waals surface area contributed by atoms with Crippen LogP contribution in [-0.4, -0.2) is 37.0 Å². The Morgan fingerprint density at radius 1 is 1.06 bits per heavy atom. The number of hydrogen-bond donors (Lipinski definition) is 3. The quantitative estimate of drug-likeness (QED) is 0.407. The van der Waals surface area contributed by atoms with Gasteiger partial charge in [-0.1, -0.05) is 18.2 Å². The van der Waals surface area contributed by atoms with Crippen molar-refractivity contribution < 1.29 is 28.7 Å². The molecule has 0 radical (unpaired) electrons. The number of para-hydroxylation sites is 1. The van der Waals surface area contributed by atoms with E-state index in [1.807, 2.05) is 16.7 Å². The molecule has 31 heavy (non-hydrogen) atoms. The molecule has 3 rings (SSSR count). The second-order valence-corrected chi connectivity index (χ2v) is 7.12. The van der Waals surface area contributed by atoms with E-state index in [4.69, 9.17) is 9.47 Å². The fourth-order valence-corrected chi connectivity index (χ4v) is 3.28. The molecule has 0 bridgehead atoms. The minimum absolute atomic E-state index is 0.232. The van der Waals surface area contributed by atoms with Gasteiger partial charge < -0.3 is 14.8 Å². The van der Waals surface area contributed by atoms with Gasteiger partial charge >= 0.3 is 6.03 Å². The summed E-state index contributed by atoms with van der Waals surface area (Å²) in [5.41, 5.74) is 0.862. The Kier molecular flexibility index (Phi) is 7.03. The number of anilines is 1. The normalized spacial score (nSPS) is 13.2. The lowest BCUT2D eigenvalue weighted by Crippen LogP contribution is -2.51. The summed E-state index contributed by atoms with van der Waals surface area (Å²) in [5, 5.41) is 6.73. The minimum atomic E-state index is -0.874. The lowest BCUT2D eigenvalue weighted by molar-refractivity contribution is -0.124. The Morgan fingerprint density at radius 2 is 1.74 bits per heavy atom. The molecule has 1 aliphatic rings. The first-order valence-corrected chi connectivity index (χ1v) is 9.99. The number of nitrogens with one attached hydrogen (secondary N) is 3. The van der Waals surface area contributed by atoms with Gasteiger partial charge in [-0.25, -0.2) is 4.79 Å². The van der Waals surface area contributed by atoms with E-state index in [-0.39, 0.29) is 18.1 Å². The van der Waals surface area contributed by atoms with Gasteiger partial charge in [0.15, 0.2) is 18.1 Å². The SMILES string of the molecule is CCOc1cc(C=C2C(=O)NC(=O)NC2=O)cc(Br)c1OCC(=O)Nc1ccccc1. The van der Waals surface area contributed by atoms with E-state index in [1.165, 1.54) is 6.08 Å². The molecule has 1 aliphatic heterocycles. The third-order valence-corrected chi connectivity index (χ3v) is 4.58. The highest BCUT2D eigenvalue weighted by Gasteiger charge is 2.28. The van der Waals surface area contributed by atoms with Gasteiger partial charge in [0.05, 0.1) is 11.1 Å². The average molecular weight is 488 g/mol. The molecule has 0 unspecified atom stereocenters. The molecule has 2 aromatic carbocycles.